The molecule has 3 heterocycles. The molecule has 1 fully saturated rings. The lowest BCUT2D eigenvalue weighted by Gasteiger charge is -2.17. The van der Waals surface area contributed by atoms with Gasteiger partial charge in [0.25, 0.3) is 5.91 Å². The van der Waals surface area contributed by atoms with Crippen molar-refractivity contribution >= 4 is 22.7 Å². The molecule has 1 saturated heterocycles. The second kappa shape index (κ2) is 6.39. The topological polar surface area (TPSA) is 75.4 Å². The lowest BCUT2D eigenvalue weighted by Crippen LogP contribution is -2.37. The van der Waals surface area contributed by atoms with Crippen LogP contribution in [0.2, 0.25) is 0 Å². The zero-order chi connectivity index (χ0) is 17.2. The van der Waals surface area contributed by atoms with Crippen molar-refractivity contribution < 1.29 is 9.21 Å². The fraction of sp³-hybridized carbons (Fsp3) is 0.211. The largest absolute Gasteiger partial charge is 0.451 e. The maximum absolute atomic E-state index is 12.5. The van der Waals surface area contributed by atoms with Crippen LogP contribution in [0, 0.1) is 0 Å². The molecule has 6 nitrogen and oxygen atoms in total. The van der Waals surface area contributed by atoms with Crippen LogP contribution in [-0.2, 0) is 0 Å². The summed E-state index contributed by atoms with van der Waals surface area (Å²) in [6.07, 6.45) is 2.57. The van der Waals surface area contributed by atoms with E-state index >= 15 is 0 Å². The number of carbonyl (C=O) groups is 1. The third-order valence-electron chi connectivity index (χ3n) is 4.36. The second-order valence-corrected chi connectivity index (χ2v) is 6.06. The number of aromatic nitrogens is 1. The molecule has 0 aliphatic carbocycles. The minimum Gasteiger partial charge on any atom is -0.451 e. The molecule has 1 aromatic carbocycles. The maximum Gasteiger partial charge on any atom is 0.287 e. The van der Waals surface area contributed by atoms with E-state index in [4.69, 9.17) is 4.42 Å². The maximum atomic E-state index is 12.5. The van der Waals surface area contributed by atoms with Crippen LogP contribution in [0.3, 0.4) is 0 Å². The van der Waals surface area contributed by atoms with Gasteiger partial charge in [0.2, 0.25) is 0 Å². The molecule has 0 radical (unpaired) electrons. The van der Waals surface area contributed by atoms with Gasteiger partial charge in [-0.05, 0) is 30.7 Å². The summed E-state index contributed by atoms with van der Waals surface area (Å²) in [4.78, 5) is 31.0. The minimum absolute atomic E-state index is 0.00808. The van der Waals surface area contributed by atoms with E-state index in [9.17, 15) is 9.59 Å². The first-order valence-electron chi connectivity index (χ1n) is 8.20. The molecule has 4 rings (SSSR count). The number of fused-ring (bicyclic) bond motifs is 1. The van der Waals surface area contributed by atoms with Gasteiger partial charge in [-0.1, -0.05) is 18.2 Å². The summed E-state index contributed by atoms with van der Waals surface area (Å²) in [7, 11) is 0. The molecule has 25 heavy (non-hydrogen) atoms. The number of carbonyl (C=O) groups excluding carboxylic acids is 1. The first kappa shape index (κ1) is 15.4. The summed E-state index contributed by atoms with van der Waals surface area (Å²) in [5, 5.41) is 3.42. The molecule has 0 saturated carbocycles. The van der Waals surface area contributed by atoms with E-state index in [1.54, 1.807) is 30.5 Å². The number of anilines is 1. The number of benzene rings is 1. The predicted molar refractivity (Wildman–Crippen MR) is 94.8 cm³/mol. The van der Waals surface area contributed by atoms with Crippen molar-refractivity contribution in [3.05, 3.63) is 70.7 Å². The number of para-hydroxylation sites is 1. The van der Waals surface area contributed by atoms with Gasteiger partial charge in [0.1, 0.15) is 11.4 Å². The molecule has 2 aromatic heterocycles. The average molecular weight is 335 g/mol. The van der Waals surface area contributed by atoms with Crippen LogP contribution < -0.4 is 15.6 Å². The molecule has 1 aliphatic rings. The summed E-state index contributed by atoms with van der Waals surface area (Å²) >= 11 is 0. The van der Waals surface area contributed by atoms with Crippen molar-refractivity contribution in [2.75, 3.05) is 18.0 Å². The van der Waals surface area contributed by atoms with Gasteiger partial charge in [0, 0.05) is 31.4 Å². The summed E-state index contributed by atoms with van der Waals surface area (Å²) < 4.78 is 5.59. The van der Waals surface area contributed by atoms with Crippen LogP contribution in [0.1, 0.15) is 17.0 Å². The minimum atomic E-state index is -0.365. The van der Waals surface area contributed by atoms with Crippen molar-refractivity contribution in [3.63, 3.8) is 0 Å². The van der Waals surface area contributed by atoms with Gasteiger partial charge in [0.05, 0.1) is 5.39 Å². The standard InChI is InChI=1S/C19H17N3O3/c23-15-11-17(25-16-6-2-1-5-14(15)16)19(24)21-13-8-10-22(12-13)18-7-3-4-9-20-18/h1-7,9,11,13H,8,10,12H2,(H,21,24). The lowest BCUT2D eigenvalue weighted by atomic mass is 10.2. The number of nitrogens with zero attached hydrogens (tertiary/aromatic N) is 2. The van der Waals surface area contributed by atoms with E-state index in [0.717, 1.165) is 18.8 Å². The first-order chi connectivity index (χ1) is 12.2. The molecule has 6 heteroatoms. The van der Waals surface area contributed by atoms with Gasteiger partial charge in [-0.3, -0.25) is 9.59 Å². The summed E-state index contributed by atoms with van der Waals surface area (Å²) in [5.41, 5.74) is 0.204. The summed E-state index contributed by atoms with van der Waals surface area (Å²) in [5.74, 6) is 0.576. The van der Waals surface area contributed by atoms with Crippen LogP contribution in [-0.4, -0.2) is 30.0 Å². The van der Waals surface area contributed by atoms with Crippen molar-refractivity contribution in [1.82, 2.24) is 10.3 Å². The molecule has 1 amide bonds. The molecule has 0 bridgehead atoms. The highest BCUT2D eigenvalue weighted by Crippen LogP contribution is 2.18. The Kier molecular flexibility index (Phi) is 3.93. The Balaban J connectivity index is 1.49. The fourth-order valence-electron chi connectivity index (χ4n) is 3.10. The Bertz CT molecular complexity index is 968. The first-order valence-corrected chi connectivity index (χ1v) is 8.20. The predicted octanol–water partition coefficient (Wildman–Crippen LogP) is 2.20. The second-order valence-electron chi connectivity index (χ2n) is 6.06. The zero-order valence-corrected chi connectivity index (χ0v) is 13.5. The van der Waals surface area contributed by atoms with Crippen molar-refractivity contribution in [3.8, 4) is 0 Å². The van der Waals surface area contributed by atoms with Gasteiger partial charge in [-0.25, -0.2) is 4.98 Å². The molecule has 1 aliphatic heterocycles. The highest BCUT2D eigenvalue weighted by Gasteiger charge is 2.26. The molecular formula is C19H17N3O3. The van der Waals surface area contributed by atoms with Gasteiger partial charge < -0.3 is 14.6 Å². The highest BCUT2D eigenvalue weighted by molar-refractivity contribution is 5.93. The molecule has 3 aromatic rings. The number of rotatable bonds is 3. The Labute approximate surface area is 144 Å². The van der Waals surface area contributed by atoms with E-state index in [1.165, 1.54) is 6.07 Å². The number of hydrogen-bond acceptors (Lipinski definition) is 5. The van der Waals surface area contributed by atoms with Crippen LogP contribution in [0.4, 0.5) is 5.82 Å². The van der Waals surface area contributed by atoms with E-state index < -0.39 is 0 Å². The normalized spacial score (nSPS) is 17.0. The van der Waals surface area contributed by atoms with Crippen LogP contribution in [0.15, 0.2) is 63.9 Å². The Morgan fingerprint density at radius 2 is 2.04 bits per heavy atom. The lowest BCUT2D eigenvalue weighted by molar-refractivity contribution is 0.0913. The molecule has 0 spiro atoms. The Hall–Kier alpha value is -3.15. The molecule has 1 N–H and O–H groups in total. The Morgan fingerprint density at radius 1 is 1.20 bits per heavy atom. The van der Waals surface area contributed by atoms with Gasteiger partial charge in [-0.2, -0.15) is 0 Å². The van der Waals surface area contributed by atoms with Crippen molar-refractivity contribution in [2.45, 2.75) is 12.5 Å². The van der Waals surface area contributed by atoms with Gasteiger partial charge >= 0.3 is 0 Å². The number of pyridine rings is 1. The van der Waals surface area contributed by atoms with Gasteiger partial charge in [-0.15, -0.1) is 0 Å². The molecule has 1 atom stereocenters. The van der Waals surface area contributed by atoms with E-state index in [0.29, 0.717) is 17.5 Å². The third-order valence-corrected chi connectivity index (χ3v) is 4.36. The summed E-state index contributed by atoms with van der Waals surface area (Å²) in [6.45, 7) is 1.50. The molecule has 126 valence electrons. The fourth-order valence-corrected chi connectivity index (χ4v) is 3.10. The Morgan fingerprint density at radius 3 is 2.88 bits per heavy atom. The third kappa shape index (κ3) is 3.10. The number of nitrogens with one attached hydrogen (secondary N) is 1. The SMILES string of the molecule is O=C(NC1CCN(c2ccccn2)C1)c1cc(=O)c2ccccc2o1. The van der Waals surface area contributed by atoms with Gasteiger partial charge in [0.15, 0.2) is 11.2 Å². The number of amides is 1. The molecule has 1 unspecified atom stereocenters. The van der Waals surface area contributed by atoms with Crippen molar-refractivity contribution in [2.24, 2.45) is 0 Å². The van der Waals surface area contributed by atoms with Crippen LogP contribution in [0.5, 0.6) is 0 Å². The summed E-state index contributed by atoms with van der Waals surface area (Å²) in [6, 6.07) is 13.9. The van der Waals surface area contributed by atoms with E-state index in [-0.39, 0.29) is 23.1 Å². The smallest absolute Gasteiger partial charge is 0.287 e. The van der Waals surface area contributed by atoms with E-state index in [1.807, 2.05) is 18.2 Å². The molecular weight excluding hydrogens is 318 g/mol. The number of hydrogen-bond donors (Lipinski definition) is 1. The quantitative estimate of drug-likeness (QED) is 0.794. The average Bonchev–Trinajstić information content (AvgIpc) is 3.11. The van der Waals surface area contributed by atoms with Crippen LogP contribution >= 0.6 is 0 Å². The highest BCUT2D eigenvalue weighted by atomic mass is 16.3. The monoisotopic (exact) mass is 335 g/mol. The zero-order valence-electron chi connectivity index (χ0n) is 13.5. The van der Waals surface area contributed by atoms with Crippen molar-refractivity contribution in [1.29, 1.82) is 0 Å². The van der Waals surface area contributed by atoms with E-state index in [2.05, 4.69) is 15.2 Å². The van der Waals surface area contributed by atoms with Crippen LogP contribution in [0.25, 0.3) is 11.0 Å².